The molecule has 4 aromatic carbocycles. The molecule has 10 rings (SSSR count). The average Bonchev–Trinajstić information content (AvgIpc) is 1.78. The number of nitrogen functional groups attached to an aromatic ring is 1. The predicted molar refractivity (Wildman–Crippen MR) is 303 cm³/mol. The molecule has 24 heteroatoms. The Morgan fingerprint density at radius 1 is 0.929 bits per heavy atom. The zero-order chi connectivity index (χ0) is 59.9. The molecule has 0 saturated carbocycles. The van der Waals surface area contributed by atoms with Gasteiger partial charge in [-0.25, -0.2) is 17.6 Å². The molecule has 0 aliphatic carbocycles. The molecule has 3 amide bonds. The summed E-state index contributed by atoms with van der Waals surface area (Å²) in [5, 5.41) is 29.4. The van der Waals surface area contributed by atoms with E-state index in [1.54, 1.807) is 52.0 Å². The lowest BCUT2D eigenvalue weighted by Crippen LogP contribution is -2.58. The Hall–Kier alpha value is -7.17. The molecule has 4 fully saturated rings. The monoisotopic (exact) mass is 1190 g/mol. The van der Waals surface area contributed by atoms with E-state index in [4.69, 9.17) is 15.2 Å². The second-order valence-corrected chi connectivity index (χ2v) is 24.3. The van der Waals surface area contributed by atoms with Crippen LogP contribution in [0.3, 0.4) is 0 Å². The van der Waals surface area contributed by atoms with E-state index in [-0.39, 0.29) is 106 Å². The molecular formula is C60H65F7N10O6S. The van der Waals surface area contributed by atoms with Gasteiger partial charge in [-0.2, -0.15) is 28.4 Å². The number of β-amino-alcohol motifs (C(OH)–C–C–N with tert-alkyl or cyclic N) is 1. The van der Waals surface area contributed by atoms with Gasteiger partial charge in [0.05, 0.1) is 40.1 Å². The van der Waals surface area contributed by atoms with Gasteiger partial charge in [-0.1, -0.05) is 57.2 Å². The molecule has 84 heavy (non-hydrogen) atoms. The van der Waals surface area contributed by atoms with E-state index in [9.17, 15) is 33.5 Å². The third-order valence-corrected chi connectivity index (χ3v) is 17.4. The minimum absolute atomic E-state index is 0.0271. The Balaban J connectivity index is 0.754. The summed E-state index contributed by atoms with van der Waals surface area (Å²) in [7, 11) is 0. The van der Waals surface area contributed by atoms with Crippen LogP contribution in [0.4, 0.5) is 41.6 Å². The summed E-state index contributed by atoms with van der Waals surface area (Å²) in [6.45, 7) is 9.41. The van der Waals surface area contributed by atoms with Gasteiger partial charge in [0.2, 0.25) is 17.7 Å². The first-order valence-electron chi connectivity index (χ1n) is 28.1. The highest BCUT2D eigenvalue weighted by Crippen LogP contribution is 2.48. The number of thiophene rings is 1. The van der Waals surface area contributed by atoms with Gasteiger partial charge in [-0.15, -0.1) is 11.3 Å². The maximum atomic E-state index is 17.4. The predicted octanol–water partition coefficient (Wildman–Crippen LogP) is 9.16. The van der Waals surface area contributed by atoms with Gasteiger partial charge in [-0.05, 0) is 91.9 Å². The number of likely N-dealkylation sites (tertiary alicyclic amines) is 2. The van der Waals surface area contributed by atoms with Crippen molar-refractivity contribution >= 4 is 60.9 Å². The normalized spacial score (nSPS) is 20.8. The van der Waals surface area contributed by atoms with Crippen LogP contribution in [0.5, 0.6) is 6.01 Å². The molecule has 0 spiro atoms. The number of hydrogen-bond donors (Lipinski definition) is 5. The van der Waals surface area contributed by atoms with Gasteiger partial charge >= 0.3 is 12.2 Å². The van der Waals surface area contributed by atoms with Crippen LogP contribution in [-0.4, -0.2) is 131 Å². The Kier molecular flexibility index (Phi) is 17.4. The number of aliphatic hydroxyl groups is 1. The van der Waals surface area contributed by atoms with Crippen LogP contribution in [0.2, 0.25) is 0 Å². The van der Waals surface area contributed by atoms with Crippen molar-refractivity contribution in [1.29, 1.82) is 5.26 Å². The van der Waals surface area contributed by atoms with Crippen molar-refractivity contribution in [3.63, 3.8) is 0 Å². The Morgan fingerprint density at radius 3 is 2.32 bits per heavy atom. The Labute approximate surface area is 484 Å². The Morgan fingerprint density at radius 2 is 1.64 bits per heavy atom. The minimum Gasteiger partial charge on any atom is -0.462 e. The van der Waals surface area contributed by atoms with Crippen LogP contribution in [0.15, 0.2) is 60.7 Å². The number of anilines is 2. The highest BCUT2D eigenvalue weighted by molar-refractivity contribution is 7.23. The second kappa shape index (κ2) is 24.4. The van der Waals surface area contributed by atoms with Crippen molar-refractivity contribution in [3.05, 3.63) is 101 Å². The van der Waals surface area contributed by atoms with E-state index in [0.29, 0.717) is 48.5 Å². The summed E-state index contributed by atoms with van der Waals surface area (Å²) in [5.74, 6) is -5.02. The number of rotatable bonds is 18. The number of nitriles is 1. The maximum Gasteiger partial charge on any atom is 0.417 e. The Bertz CT molecular complexity index is 3490. The van der Waals surface area contributed by atoms with Gasteiger partial charge in [0, 0.05) is 80.1 Å². The third kappa shape index (κ3) is 12.5. The summed E-state index contributed by atoms with van der Waals surface area (Å²) in [6, 6.07) is 11.6. The fraction of sp³-hybridized carbons (Fsp3) is 0.467. The number of fused-ring (bicyclic) bond motifs is 4. The number of benzene rings is 4. The van der Waals surface area contributed by atoms with Crippen molar-refractivity contribution in [1.82, 2.24) is 35.7 Å². The fourth-order valence-corrected chi connectivity index (χ4v) is 13.1. The third-order valence-electron chi connectivity index (χ3n) is 16.3. The summed E-state index contributed by atoms with van der Waals surface area (Å²) in [5.41, 5.74) is 2.70. The van der Waals surface area contributed by atoms with Crippen LogP contribution in [0, 0.1) is 40.0 Å². The van der Waals surface area contributed by atoms with E-state index < -0.39 is 93.5 Å². The molecule has 7 atom stereocenters. The molecule has 4 saturated heterocycles. The number of halogens is 7. The smallest absolute Gasteiger partial charge is 0.417 e. The quantitative estimate of drug-likeness (QED) is 0.0402. The SMILES string of the molecule is C[C@H](NC(=O)[C@@H]1C[C@@H](O)CN1C(=O)[C@@H](NC(=O)CCOCCCN1CCCC1COc1nc(N2CC3CCC(C2)N3)c2cc(C(F)(F)F)c(-c3ccc(F)c4sc(N)c(C#N)c34)c(F)c2n1)C(C)(C)C)c1ccc(-c2c(F)cccc2F)cc1. The molecule has 16 nitrogen and oxygen atoms in total. The van der Waals surface area contributed by atoms with Crippen molar-refractivity contribution in [3.8, 4) is 34.3 Å². The number of piperazine rings is 1. The van der Waals surface area contributed by atoms with E-state index in [0.717, 1.165) is 50.4 Å². The fourth-order valence-electron chi connectivity index (χ4n) is 12.1. The number of aliphatic hydroxyl groups excluding tert-OH is 1. The van der Waals surface area contributed by atoms with Gasteiger partial charge in [0.15, 0.2) is 5.82 Å². The zero-order valence-electron chi connectivity index (χ0n) is 46.7. The van der Waals surface area contributed by atoms with Crippen LogP contribution in [-0.2, 0) is 25.3 Å². The molecule has 3 unspecified atom stereocenters. The number of nitrogens with zero attached hydrogens (tertiary/aromatic N) is 6. The topological polar surface area (TPSA) is 211 Å². The minimum atomic E-state index is -5.11. The first-order valence-corrected chi connectivity index (χ1v) is 28.9. The van der Waals surface area contributed by atoms with Crippen molar-refractivity contribution in [2.45, 2.75) is 121 Å². The van der Waals surface area contributed by atoms with Crippen LogP contribution in [0.25, 0.3) is 43.2 Å². The van der Waals surface area contributed by atoms with E-state index in [1.165, 1.54) is 23.1 Å². The number of amides is 3. The second-order valence-electron chi connectivity index (χ2n) is 23.2. The summed E-state index contributed by atoms with van der Waals surface area (Å²) in [4.78, 5) is 55.8. The highest BCUT2D eigenvalue weighted by Gasteiger charge is 2.45. The highest BCUT2D eigenvalue weighted by atomic mass is 32.1. The maximum absolute atomic E-state index is 17.4. The molecule has 446 valence electrons. The van der Waals surface area contributed by atoms with Crippen molar-refractivity contribution in [2.24, 2.45) is 5.41 Å². The number of carbonyl (C=O) groups is 3. The van der Waals surface area contributed by atoms with Crippen LogP contribution in [0.1, 0.15) is 95.4 Å². The lowest BCUT2D eigenvalue weighted by molar-refractivity contribution is -0.144. The number of hydrogen-bond acceptors (Lipinski definition) is 14. The molecular weight excluding hydrogens is 1120 g/mol. The lowest BCUT2D eigenvalue weighted by Gasteiger charge is -2.35. The van der Waals surface area contributed by atoms with Gasteiger partial charge in [0.1, 0.15) is 58.5 Å². The summed E-state index contributed by atoms with van der Waals surface area (Å²) < 4.78 is 119. The number of carbonyl (C=O) groups excluding carboxylic acids is 3. The summed E-state index contributed by atoms with van der Waals surface area (Å²) in [6.07, 6.45) is -2.39. The summed E-state index contributed by atoms with van der Waals surface area (Å²) >= 11 is 0.685. The van der Waals surface area contributed by atoms with Gasteiger partial charge in [-0.3, -0.25) is 19.3 Å². The van der Waals surface area contributed by atoms with E-state index in [2.05, 4.69) is 30.8 Å². The number of nitrogens with two attached hydrogens (primary N) is 1. The first-order chi connectivity index (χ1) is 40.0. The average molecular weight is 1190 g/mol. The lowest BCUT2D eigenvalue weighted by atomic mass is 9.85. The molecule has 4 aliphatic heterocycles. The van der Waals surface area contributed by atoms with E-state index in [1.807, 2.05) is 11.0 Å². The van der Waals surface area contributed by atoms with Crippen LogP contribution >= 0.6 is 11.3 Å². The van der Waals surface area contributed by atoms with E-state index >= 15 is 22.0 Å². The molecule has 2 aromatic heterocycles. The number of aromatic nitrogens is 2. The number of ether oxygens (including phenoxy) is 2. The number of alkyl halides is 3. The standard InChI is InChI=1S/C60H65F7N10O6S/c1-31(32-11-13-33(14-12-32)47-42(61)9-5-10-43(47)62)70-56(80)45-24-37(78)29-77(45)57(81)53(59(2,3)4)72-46(79)19-23-82-22-7-21-75-20-6-8-36(75)30-83-58-73-51-39(55(74-58)76-27-34-15-16-35(28-76)71-34)25-41(60(65,66)67)49(50(51)64)38-17-18-44(63)52-48(38)40(26-68)54(69)84-52/h5,9-14,17-18,25,31,34-37,45,53,71,78H,6-8,15-16,19-24,27-30,69H2,1-4H3,(H,70,80)(H,72,79)/t31-,34?,35?,36?,37+,45-,53+/m0/s1. The van der Waals surface area contributed by atoms with Crippen molar-refractivity contribution in [2.75, 3.05) is 63.2 Å². The largest absolute Gasteiger partial charge is 0.462 e. The first kappa shape index (κ1) is 60.0. The molecule has 4 aliphatic rings. The molecule has 6 aromatic rings. The zero-order valence-corrected chi connectivity index (χ0v) is 47.5. The molecule has 2 bridgehead atoms. The van der Waals surface area contributed by atoms with Gasteiger partial charge < -0.3 is 46.1 Å². The van der Waals surface area contributed by atoms with Crippen molar-refractivity contribution < 1.29 is 59.7 Å². The number of nitrogens with one attached hydrogen (secondary N) is 3. The molecule has 6 heterocycles. The molecule has 0 radical (unpaired) electrons. The van der Waals surface area contributed by atoms with Gasteiger partial charge in [0.25, 0.3) is 0 Å². The molecule has 6 N–H and O–H groups in total. The van der Waals surface area contributed by atoms with Crippen LogP contribution < -0.4 is 31.3 Å².